The van der Waals surface area contributed by atoms with E-state index in [9.17, 15) is 9.59 Å². The minimum Gasteiger partial charge on any atom is -0.478 e. The van der Waals surface area contributed by atoms with Gasteiger partial charge in [-0.15, -0.1) is 11.3 Å². The fourth-order valence-electron chi connectivity index (χ4n) is 1.99. The van der Waals surface area contributed by atoms with Crippen molar-refractivity contribution in [1.29, 1.82) is 0 Å². The molecule has 0 spiro atoms. The molecule has 1 amide bonds. The van der Waals surface area contributed by atoms with Crippen LogP contribution in [-0.4, -0.2) is 35.0 Å². The van der Waals surface area contributed by atoms with Gasteiger partial charge in [-0.1, -0.05) is 0 Å². The maximum atomic E-state index is 12.1. The molecule has 96 valence electrons. The van der Waals surface area contributed by atoms with Crippen molar-refractivity contribution in [3.63, 3.8) is 0 Å². The molecule has 0 aliphatic carbocycles. The first-order valence-corrected chi connectivity index (χ1v) is 6.70. The lowest BCUT2D eigenvalue weighted by molar-refractivity contribution is -0.131. The molecule has 0 aromatic carbocycles. The Bertz CT molecular complexity index is 498. The molecule has 2 rings (SSSR count). The second-order valence-electron chi connectivity index (χ2n) is 4.33. The quantitative estimate of drug-likeness (QED) is 0.854. The fraction of sp³-hybridized carbons (Fsp3) is 0.385. The average molecular weight is 265 g/mol. The van der Waals surface area contributed by atoms with Crippen molar-refractivity contribution in [3.8, 4) is 0 Å². The third-order valence-electron chi connectivity index (χ3n) is 2.94. The summed E-state index contributed by atoms with van der Waals surface area (Å²) in [5.74, 6) is -0.911. The van der Waals surface area contributed by atoms with Crippen LogP contribution in [0.15, 0.2) is 12.1 Å². The van der Waals surface area contributed by atoms with Crippen LogP contribution < -0.4 is 0 Å². The molecule has 1 aliphatic rings. The third-order valence-corrected chi connectivity index (χ3v) is 4.13. The molecule has 2 heterocycles. The summed E-state index contributed by atoms with van der Waals surface area (Å²) in [4.78, 5) is 26.0. The number of aryl methyl sites for hydroxylation is 1. The lowest BCUT2D eigenvalue weighted by atomic mass is 10.2. The maximum absolute atomic E-state index is 12.1. The average Bonchev–Trinajstić information content (AvgIpc) is 2.94. The van der Waals surface area contributed by atoms with Gasteiger partial charge in [-0.3, -0.25) is 4.79 Å². The summed E-state index contributed by atoms with van der Waals surface area (Å²) in [5.41, 5.74) is 0.944. The van der Waals surface area contributed by atoms with Gasteiger partial charge in [-0.25, -0.2) is 4.79 Å². The second kappa shape index (κ2) is 5.35. The van der Waals surface area contributed by atoms with Crippen molar-refractivity contribution in [3.05, 3.63) is 27.5 Å². The highest BCUT2D eigenvalue weighted by Crippen LogP contribution is 2.25. The van der Waals surface area contributed by atoms with Gasteiger partial charge >= 0.3 is 5.97 Å². The molecule has 1 aliphatic heterocycles. The number of rotatable bonds is 3. The molecule has 0 bridgehead atoms. The van der Waals surface area contributed by atoms with Gasteiger partial charge in [0.15, 0.2) is 0 Å². The molecular formula is C13H15NO3S. The molecule has 1 aromatic rings. The van der Waals surface area contributed by atoms with Crippen LogP contribution in [0.5, 0.6) is 0 Å². The van der Waals surface area contributed by atoms with Crippen molar-refractivity contribution >= 4 is 29.3 Å². The summed E-state index contributed by atoms with van der Waals surface area (Å²) in [5, 5.41) is 8.60. The standard InChI is InChI=1S/C13H15NO3S/c1-9-8-11(13(17)14-6-2-3-7-14)18-10(9)4-5-12(15)16/h4-5,8H,2-3,6-7H2,1H3,(H,15,16). The van der Waals surface area contributed by atoms with Crippen molar-refractivity contribution in [2.75, 3.05) is 13.1 Å². The molecule has 0 saturated carbocycles. The summed E-state index contributed by atoms with van der Waals surface area (Å²) in [6.45, 7) is 3.55. The fourth-order valence-corrected chi connectivity index (χ4v) is 3.04. The van der Waals surface area contributed by atoms with E-state index in [2.05, 4.69) is 0 Å². The number of likely N-dealkylation sites (tertiary alicyclic amines) is 1. The van der Waals surface area contributed by atoms with Crippen LogP contribution in [0.2, 0.25) is 0 Å². The predicted molar refractivity (Wildman–Crippen MR) is 70.9 cm³/mol. The zero-order chi connectivity index (χ0) is 13.1. The molecule has 4 nitrogen and oxygen atoms in total. The van der Waals surface area contributed by atoms with Crippen LogP contribution in [0.4, 0.5) is 0 Å². The highest BCUT2D eigenvalue weighted by atomic mass is 32.1. The predicted octanol–water partition coefficient (Wildman–Crippen LogP) is 2.39. The summed E-state index contributed by atoms with van der Waals surface area (Å²) >= 11 is 1.36. The summed E-state index contributed by atoms with van der Waals surface area (Å²) in [6, 6.07) is 1.84. The maximum Gasteiger partial charge on any atom is 0.328 e. The monoisotopic (exact) mass is 265 g/mol. The van der Waals surface area contributed by atoms with Crippen LogP contribution in [0.1, 0.15) is 33.0 Å². The first-order chi connectivity index (χ1) is 8.58. The Hall–Kier alpha value is -1.62. The normalized spacial score (nSPS) is 15.5. The van der Waals surface area contributed by atoms with Crippen molar-refractivity contribution in [2.24, 2.45) is 0 Å². The molecule has 1 fully saturated rings. The van der Waals surface area contributed by atoms with E-state index in [-0.39, 0.29) is 5.91 Å². The number of carboxylic acids is 1. The van der Waals surface area contributed by atoms with Crippen LogP contribution >= 0.6 is 11.3 Å². The third kappa shape index (κ3) is 2.79. The van der Waals surface area contributed by atoms with Gasteiger partial charge in [0.2, 0.25) is 0 Å². The van der Waals surface area contributed by atoms with E-state index in [1.807, 2.05) is 17.9 Å². The highest BCUT2D eigenvalue weighted by molar-refractivity contribution is 7.15. The van der Waals surface area contributed by atoms with E-state index in [1.165, 1.54) is 11.3 Å². The van der Waals surface area contributed by atoms with Crippen LogP contribution in [-0.2, 0) is 4.79 Å². The smallest absolute Gasteiger partial charge is 0.328 e. The van der Waals surface area contributed by atoms with Crippen molar-refractivity contribution in [2.45, 2.75) is 19.8 Å². The Morgan fingerprint density at radius 3 is 2.67 bits per heavy atom. The van der Waals surface area contributed by atoms with Gasteiger partial charge in [0, 0.05) is 24.0 Å². The van der Waals surface area contributed by atoms with E-state index in [0.29, 0.717) is 4.88 Å². The molecule has 0 unspecified atom stereocenters. The lowest BCUT2D eigenvalue weighted by Gasteiger charge is -2.13. The van der Waals surface area contributed by atoms with E-state index < -0.39 is 5.97 Å². The Morgan fingerprint density at radius 1 is 1.39 bits per heavy atom. The van der Waals surface area contributed by atoms with Crippen molar-refractivity contribution in [1.82, 2.24) is 4.90 Å². The minimum absolute atomic E-state index is 0.0653. The molecular weight excluding hydrogens is 250 g/mol. The summed E-state index contributed by atoms with van der Waals surface area (Å²) < 4.78 is 0. The first-order valence-electron chi connectivity index (χ1n) is 5.88. The Kier molecular flexibility index (Phi) is 3.81. The number of aliphatic carboxylic acids is 1. The molecule has 0 atom stereocenters. The van der Waals surface area contributed by atoms with Crippen LogP contribution in [0.25, 0.3) is 6.08 Å². The molecule has 1 saturated heterocycles. The van der Waals surface area contributed by atoms with Crippen LogP contribution in [0, 0.1) is 6.92 Å². The number of carboxylic acid groups (broad SMARTS) is 1. The van der Waals surface area contributed by atoms with Gasteiger partial charge in [0.1, 0.15) is 0 Å². The summed E-state index contributed by atoms with van der Waals surface area (Å²) in [6.07, 6.45) is 4.79. The van der Waals surface area contributed by atoms with Crippen LogP contribution in [0.3, 0.4) is 0 Å². The zero-order valence-corrected chi connectivity index (χ0v) is 11.0. The topological polar surface area (TPSA) is 57.6 Å². The molecule has 1 N–H and O–H groups in total. The molecule has 18 heavy (non-hydrogen) atoms. The number of carbonyl (C=O) groups excluding carboxylic acids is 1. The Labute approximate surface area is 110 Å². The Balaban J connectivity index is 2.17. The second-order valence-corrected chi connectivity index (χ2v) is 5.41. The number of amides is 1. The molecule has 0 radical (unpaired) electrons. The minimum atomic E-state index is -0.977. The lowest BCUT2D eigenvalue weighted by Crippen LogP contribution is -2.26. The van der Waals surface area contributed by atoms with E-state index >= 15 is 0 Å². The highest BCUT2D eigenvalue weighted by Gasteiger charge is 2.21. The Morgan fingerprint density at radius 2 is 2.06 bits per heavy atom. The number of carbonyl (C=O) groups is 2. The SMILES string of the molecule is Cc1cc(C(=O)N2CCCC2)sc1C=CC(=O)O. The molecule has 1 aromatic heterocycles. The summed E-state index contributed by atoms with van der Waals surface area (Å²) in [7, 11) is 0. The number of hydrogen-bond donors (Lipinski definition) is 1. The van der Waals surface area contributed by atoms with E-state index in [1.54, 1.807) is 6.08 Å². The first kappa shape index (κ1) is 12.8. The van der Waals surface area contributed by atoms with Crippen molar-refractivity contribution < 1.29 is 14.7 Å². The largest absolute Gasteiger partial charge is 0.478 e. The van der Waals surface area contributed by atoms with Gasteiger partial charge in [-0.2, -0.15) is 0 Å². The molecule has 5 heteroatoms. The zero-order valence-electron chi connectivity index (χ0n) is 10.2. The van der Waals surface area contributed by atoms with Gasteiger partial charge in [0.05, 0.1) is 4.88 Å². The van der Waals surface area contributed by atoms with Gasteiger partial charge < -0.3 is 10.0 Å². The van der Waals surface area contributed by atoms with E-state index in [0.717, 1.165) is 42.4 Å². The van der Waals surface area contributed by atoms with E-state index in [4.69, 9.17) is 5.11 Å². The van der Waals surface area contributed by atoms with Gasteiger partial charge in [-0.05, 0) is 37.5 Å². The number of nitrogens with zero attached hydrogens (tertiary/aromatic N) is 1. The number of thiophene rings is 1. The number of hydrogen-bond acceptors (Lipinski definition) is 3. The van der Waals surface area contributed by atoms with Gasteiger partial charge in [0.25, 0.3) is 5.91 Å².